The zero-order chi connectivity index (χ0) is 11.8. The Balaban J connectivity index is 1.64. The molecule has 0 amide bonds. The van der Waals surface area contributed by atoms with Gasteiger partial charge in [-0.3, -0.25) is 9.89 Å². The van der Waals surface area contributed by atoms with Crippen molar-refractivity contribution >= 4 is 5.96 Å². The SMILES string of the molecule is NC(N)=NCCN1CC2C[C@@H]3CC1C[C@H](C2)C3. The molecule has 17 heavy (non-hydrogen) atoms. The average Bonchev–Trinajstić information content (AvgIpc) is 2.43. The van der Waals surface area contributed by atoms with Crippen molar-refractivity contribution in [1.82, 2.24) is 4.90 Å². The Hall–Kier alpha value is -0.770. The lowest BCUT2D eigenvalue weighted by molar-refractivity contribution is 0.127. The first kappa shape index (κ1) is 11.3. The summed E-state index contributed by atoms with van der Waals surface area (Å²) in [6.07, 6.45) is 7.32. The van der Waals surface area contributed by atoms with Gasteiger partial charge in [0.2, 0.25) is 0 Å². The molecule has 2 aliphatic heterocycles. The van der Waals surface area contributed by atoms with E-state index in [-0.39, 0.29) is 5.96 Å². The molecule has 2 unspecified atom stereocenters. The highest BCUT2D eigenvalue weighted by Crippen LogP contribution is 2.47. The number of guanidine groups is 1. The maximum atomic E-state index is 5.38. The Morgan fingerprint density at radius 3 is 2.29 bits per heavy atom. The van der Waals surface area contributed by atoms with Crippen molar-refractivity contribution in [3.63, 3.8) is 0 Å². The van der Waals surface area contributed by atoms with Crippen LogP contribution in [0.4, 0.5) is 0 Å². The third-order valence-electron chi connectivity index (χ3n) is 4.90. The molecule has 96 valence electrons. The van der Waals surface area contributed by atoms with Crippen LogP contribution in [0.25, 0.3) is 0 Å². The van der Waals surface area contributed by atoms with Crippen molar-refractivity contribution in [2.24, 2.45) is 34.2 Å². The van der Waals surface area contributed by atoms with Crippen LogP contribution >= 0.6 is 0 Å². The second-order valence-electron chi connectivity index (χ2n) is 6.23. The molecule has 4 aliphatic rings. The van der Waals surface area contributed by atoms with Crippen LogP contribution in [0.2, 0.25) is 0 Å². The van der Waals surface area contributed by atoms with Crippen molar-refractivity contribution < 1.29 is 0 Å². The summed E-state index contributed by atoms with van der Waals surface area (Å²) in [6, 6.07) is 0.820. The molecule has 4 nitrogen and oxygen atoms in total. The van der Waals surface area contributed by atoms with Gasteiger partial charge in [0.25, 0.3) is 0 Å². The van der Waals surface area contributed by atoms with Crippen molar-refractivity contribution in [3.05, 3.63) is 0 Å². The number of rotatable bonds is 3. The fourth-order valence-corrected chi connectivity index (χ4v) is 4.46. The Labute approximate surface area is 103 Å². The van der Waals surface area contributed by atoms with Crippen LogP contribution in [0.1, 0.15) is 32.1 Å². The first-order chi connectivity index (χ1) is 8.20. The summed E-state index contributed by atoms with van der Waals surface area (Å²) in [4.78, 5) is 6.79. The largest absolute Gasteiger partial charge is 0.370 e. The van der Waals surface area contributed by atoms with Crippen LogP contribution in [0.15, 0.2) is 4.99 Å². The number of nitrogens with two attached hydrogens (primary N) is 2. The molecule has 4 atom stereocenters. The Morgan fingerprint density at radius 1 is 1.00 bits per heavy atom. The maximum absolute atomic E-state index is 5.38. The normalized spacial score (nSPS) is 40.2. The highest BCUT2D eigenvalue weighted by Gasteiger charge is 2.42. The summed E-state index contributed by atoms with van der Waals surface area (Å²) < 4.78 is 0. The zero-order valence-electron chi connectivity index (χ0n) is 10.5. The van der Waals surface area contributed by atoms with Gasteiger partial charge in [0, 0.05) is 19.1 Å². The first-order valence-corrected chi connectivity index (χ1v) is 7.00. The van der Waals surface area contributed by atoms with E-state index in [0.717, 1.165) is 36.9 Å². The van der Waals surface area contributed by atoms with Gasteiger partial charge in [0.05, 0.1) is 6.54 Å². The van der Waals surface area contributed by atoms with E-state index in [1.54, 1.807) is 0 Å². The van der Waals surface area contributed by atoms with E-state index in [0.29, 0.717) is 0 Å². The van der Waals surface area contributed by atoms with Crippen LogP contribution in [0.3, 0.4) is 0 Å². The third-order valence-corrected chi connectivity index (χ3v) is 4.90. The molecule has 4 fully saturated rings. The van der Waals surface area contributed by atoms with Gasteiger partial charge >= 0.3 is 0 Å². The molecule has 2 aliphatic carbocycles. The molecule has 0 aromatic carbocycles. The third kappa shape index (κ3) is 2.41. The lowest BCUT2D eigenvalue weighted by Crippen LogP contribution is -2.39. The van der Waals surface area contributed by atoms with Gasteiger partial charge in [0.15, 0.2) is 5.96 Å². The summed E-state index contributed by atoms with van der Waals surface area (Å²) in [5.41, 5.74) is 10.8. The van der Waals surface area contributed by atoms with Crippen molar-refractivity contribution in [3.8, 4) is 0 Å². The zero-order valence-corrected chi connectivity index (χ0v) is 10.5. The van der Waals surface area contributed by atoms with Crippen LogP contribution in [-0.4, -0.2) is 36.5 Å². The van der Waals surface area contributed by atoms with Crippen LogP contribution in [-0.2, 0) is 0 Å². The van der Waals surface area contributed by atoms with E-state index >= 15 is 0 Å². The molecule has 0 spiro atoms. The van der Waals surface area contributed by atoms with Crippen LogP contribution < -0.4 is 11.5 Å². The quantitative estimate of drug-likeness (QED) is 0.562. The summed E-state index contributed by atoms with van der Waals surface area (Å²) in [7, 11) is 0. The van der Waals surface area contributed by atoms with Crippen molar-refractivity contribution in [2.75, 3.05) is 19.6 Å². The fraction of sp³-hybridized carbons (Fsp3) is 0.923. The van der Waals surface area contributed by atoms with Gasteiger partial charge in [-0.15, -0.1) is 0 Å². The van der Waals surface area contributed by atoms with Gasteiger partial charge in [-0.25, -0.2) is 0 Å². The van der Waals surface area contributed by atoms with E-state index in [1.165, 1.54) is 38.6 Å². The summed E-state index contributed by atoms with van der Waals surface area (Å²) in [6.45, 7) is 3.09. The molecule has 0 aromatic heterocycles. The highest BCUT2D eigenvalue weighted by molar-refractivity contribution is 5.75. The fourth-order valence-electron chi connectivity index (χ4n) is 4.46. The average molecular weight is 236 g/mol. The number of hydrogen-bond acceptors (Lipinski definition) is 2. The molecule has 4 bridgehead atoms. The molecule has 0 radical (unpaired) electrons. The molecular formula is C13H24N4. The minimum Gasteiger partial charge on any atom is -0.370 e. The second-order valence-corrected chi connectivity index (χ2v) is 6.23. The number of nitrogens with zero attached hydrogens (tertiary/aromatic N) is 2. The molecule has 0 aromatic rings. The summed E-state index contributed by atoms with van der Waals surface area (Å²) >= 11 is 0. The first-order valence-electron chi connectivity index (χ1n) is 7.00. The van der Waals surface area contributed by atoms with E-state index in [4.69, 9.17) is 11.5 Å². The Bertz CT molecular complexity index is 297. The monoisotopic (exact) mass is 236 g/mol. The van der Waals surface area contributed by atoms with Gasteiger partial charge in [0.1, 0.15) is 0 Å². The lowest BCUT2D eigenvalue weighted by atomic mass is 9.68. The van der Waals surface area contributed by atoms with E-state index in [1.807, 2.05) is 0 Å². The number of hydrogen-bond donors (Lipinski definition) is 2. The van der Waals surface area contributed by atoms with Gasteiger partial charge in [-0.2, -0.15) is 0 Å². The highest BCUT2D eigenvalue weighted by atomic mass is 15.2. The molecule has 2 saturated carbocycles. The lowest BCUT2D eigenvalue weighted by Gasteiger charge is -2.39. The van der Waals surface area contributed by atoms with Crippen molar-refractivity contribution in [2.45, 2.75) is 38.1 Å². The Morgan fingerprint density at radius 2 is 1.65 bits per heavy atom. The van der Waals surface area contributed by atoms with E-state index in [9.17, 15) is 0 Å². The smallest absolute Gasteiger partial charge is 0.185 e. The second kappa shape index (κ2) is 4.48. The Kier molecular flexibility index (Phi) is 2.99. The van der Waals surface area contributed by atoms with E-state index in [2.05, 4.69) is 9.89 Å². The molecule has 4 heteroatoms. The van der Waals surface area contributed by atoms with E-state index < -0.39 is 0 Å². The standard InChI is InChI=1S/C13H24N4/c14-13(15)16-1-2-17-8-11-4-9-3-10(5-11)7-12(17)6-9/h9-12H,1-8H2,(H4,14,15,16)/t9-,10+,11?,12?. The molecule has 2 heterocycles. The van der Waals surface area contributed by atoms with Gasteiger partial charge in [-0.1, -0.05) is 0 Å². The van der Waals surface area contributed by atoms with Gasteiger partial charge in [-0.05, 0) is 49.9 Å². The summed E-state index contributed by atoms with van der Waals surface area (Å²) in [5.74, 6) is 3.22. The molecule has 4 N–H and O–H groups in total. The number of aliphatic imine (C=N–C) groups is 1. The minimum absolute atomic E-state index is 0.227. The van der Waals surface area contributed by atoms with Gasteiger partial charge < -0.3 is 11.5 Å². The number of fused-ring (bicyclic) bond motifs is 1. The predicted molar refractivity (Wildman–Crippen MR) is 69.6 cm³/mol. The predicted octanol–water partition coefficient (Wildman–Crippen LogP) is 0.770. The topological polar surface area (TPSA) is 67.6 Å². The van der Waals surface area contributed by atoms with Crippen molar-refractivity contribution in [1.29, 1.82) is 0 Å². The minimum atomic E-state index is 0.227. The van der Waals surface area contributed by atoms with Crippen LogP contribution in [0, 0.1) is 17.8 Å². The summed E-state index contributed by atoms with van der Waals surface area (Å²) in [5, 5.41) is 0. The van der Waals surface area contributed by atoms with Crippen LogP contribution in [0.5, 0.6) is 0 Å². The molecular weight excluding hydrogens is 212 g/mol. The molecule has 4 rings (SSSR count). The molecule has 2 saturated heterocycles. The maximum Gasteiger partial charge on any atom is 0.185 e.